The van der Waals surface area contributed by atoms with E-state index in [0.717, 1.165) is 0 Å². The van der Waals surface area contributed by atoms with Gasteiger partial charge in [0.15, 0.2) is 0 Å². The summed E-state index contributed by atoms with van der Waals surface area (Å²) in [6, 6.07) is 0. The van der Waals surface area contributed by atoms with Crippen molar-refractivity contribution in [3.63, 3.8) is 0 Å². The lowest BCUT2D eigenvalue weighted by atomic mass is 9.98. The lowest BCUT2D eigenvalue weighted by Crippen LogP contribution is -2.53. The molecule has 68 valence electrons. The van der Waals surface area contributed by atoms with Gasteiger partial charge in [0.05, 0.1) is 0 Å². The maximum Gasteiger partial charge on any atom is 0.328 e. The molecule has 0 bridgehead atoms. The lowest BCUT2D eigenvalue weighted by molar-refractivity contribution is -0.0681. The highest BCUT2D eigenvalue weighted by Gasteiger charge is 2.44. The fraction of sp³-hybridized carbons (Fsp3) is 1.00. The fourth-order valence-electron chi connectivity index (χ4n) is 0.546. The number of alkyl halides is 3. The van der Waals surface area contributed by atoms with Crippen LogP contribution in [0, 0.1) is 0 Å². The molecular weight excluding hydrogens is 220 g/mol. The normalized spacial score (nSPS) is 16.6. The topological polar surface area (TPSA) is 32.3 Å². The Morgan fingerprint density at radius 3 is 1.91 bits per heavy atom. The van der Waals surface area contributed by atoms with Crippen molar-refractivity contribution in [2.45, 2.75) is 30.3 Å². The molecule has 1 atom stereocenters. The molecule has 0 spiro atoms. The van der Waals surface area contributed by atoms with Crippen molar-refractivity contribution < 1.29 is 13.9 Å². The minimum atomic E-state index is -3.25. The van der Waals surface area contributed by atoms with Crippen LogP contribution >= 0.6 is 15.9 Å². The number of rotatable bonds is 3. The van der Waals surface area contributed by atoms with Crippen LogP contribution < -0.4 is 5.32 Å². The maximum absolute atomic E-state index is 12.4. The molecule has 0 heterocycles. The van der Waals surface area contributed by atoms with Crippen LogP contribution in [-0.4, -0.2) is 28.6 Å². The van der Waals surface area contributed by atoms with Gasteiger partial charge < -0.3 is 10.4 Å². The number of aliphatic hydroxyl groups excluding tert-OH is 1. The van der Waals surface area contributed by atoms with E-state index in [9.17, 15) is 8.78 Å². The molecule has 0 saturated carbocycles. The summed E-state index contributed by atoms with van der Waals surface area (Å²) in [5.41, 5.74) is -1.01. The Labute approximate surface area is 73.1 Å². The van der Waals surface area contributed by atoms with Crippen LogP contribution in [0.3, 0.4) is 0 Å². The minimum absolute atomic E-state index is 1.01. The molecule has 0 aliphatic carbocycles. The Morgan fingerprint density at radius 2 is 1.82 bits per heavy atom. The molecule has 0 aliphatic heterocycles. The summed E-state index contributed by atoms with van der Waals surface area (Å²) >= 11 is 2.10. The second kappa shape index (κ2) is 3.33. The predicted molar refractivity (Wildman–Crippen MR) is 43.0 cm³/mol. The lowest BCUT2D eigenvalue weighted by Gasteiger charge is -2.32. The van der Waals surface area contributed by atoms with Crippen molar-refractivity contribution in [2.24, 2.45) is 0 Å². The zero-order valence-corrected chi connectivity index (χ0v) is 8.24. The zero-order valence-electron chi connectivity index (χ0n) is 6.66. The Balaban J connectivity index is 4.35. The van der Waals surface area contributed by atoms with E-state index >= 15 is 0 Å². The third kappa shape index (κ3) is 3.01. The van der Waals surface area contributed by atoms with Crippen LogP contribution in [0.4, 0.5) is 8.78 Å². The molecule has 0 amide bonds. The molecule has 1 unspecified atom stereocenters. The highest BCUT2D eigenvalue weighted by molar-refractivity contribution is 9.10. The van der Waals surface area contributed by atoms with Crippen molar-refractivity contribution in [3.05, 3.63) is 0 Å². The van der Waals surface area contributed by atoms with Crippen LogP contribution in [0.2, 0.25) is 0 Å². The molecule has 0 aromatic heterocycles. The quantitative estimate of drug-likeness (QED) is 0.719. The van der Waals surface area contributed by atoms with Gasteiger partial charge in [0.2, 0.25) is 0 Å². The minimum Gasteiger partial charge on any atom is -0.384 e. The van der Waals surface area contributed by atoms with Crippen LogP contribution in [0.1, 0.15) is 13.8 Å². The van der Waals surface area contributed by atoms with Crippen molar-refractivity contribution in [3.8, 4) is 0 Å². The standard InChI is InChI=1S/C6H12BrF2NO/c1-5(2,10-3)4(11)6(7,8)9/h4,10-11H,1-3H3. The van der Waals surface area contributed by atoms with Crippen LogP contribution in [0.15, 0.2) is 0 Å². The smallest absolute Gasteiger partial charge is 0.328 e. The molecule has 0 aromatic rings. The van der Waals surface area contributed by atoms with Crippen molar-refractivity contribution in [1.29, 1.82) is 0 Å². The second-order valence-electron chi connectivity index (χ2n) is 2.92. The van der Waals surface area contributed by atoms with Crippen molar-refractivity contribution in [1.82, 2.24) is 5.32 Å². The Kier molecular flexibility index (Phi) is 3.41. The van der Waals surface area contributed by atoms with Crippen LogP contribution in [0.25, 0.3) is 0 Å². The van der Waals surface area contributed by atoms with Gasteiger partial charge in [0, 0.05) is 5.54 Å². The summed E-state index contributed by atoms with van der Waals surface area (Å²) in [6.45, 7) is 2.99. The third-order valence-corrected chi connectivity index (χ3v) is 2.07. The predicted octanol–water partition coefficient (Wildman–Crippen LogP) is 1.33. The van der Waals surface area contributed by atoms with E-state index < -0.39 is 16.5 Å². The average Bonchev–Trinajstić information content (AvgIpc) is 1.84. The van der Waals surface area contributed by atoms with Crippen molar-refractivity contribution >= 4 is 15.9 Å². The molecule has 0 fully saturated rings. The van der Waals surface area contributed by atoms with Gasteiger partial charge in [-0.25, -0.2) is 0 Å². The summed E-state index contributed by atoms with van der Waals surface area (Å²) in [5.74, 6) is 0. The Morgan fingerprint density at radius 1 is 1.45 bits per heavy atom. The largest absolute Gasteiger partial charge is 0.384 e. The highest BCUT2D eigenvalue weighted by atomic mass is 79.9. The number of hydrogen-bond donors (Lipinski definition) is 2. The van der Waals surface area contributed by atoms with Gasteiger partial charge in [-0.05, 0) is 36.8 Å². The van der Waals surface area contributed by atoms with E-state index in [-0.39, 0.29) is 0 Å². The van der Waals surface area contributed by atoms with E-state index in [0.29, 0.717) is 0 Å². The SMILES string of the molecule is CNC(C)(C)C(O)C(F)(F)Br. The molecule has 0 radical (unpaired) electrons. The van der Waals surface area contributed by atoms with E-state index in [1.165, 1.54) is 20.9 Å². The van der Waals surface area contributed by atoms with E-state index in [1.54, 1.807) is 0 Å². The van der Waals surface area contributed by atoms with Gasteiger partial charge in [-0.2, -0.15) is 8.78 Å². The molecule has 2 nitrogen and oxygen atoms in total. The maximum atomic E-state index is 12.4. The Hall–Kier alpha value is 0.260. The van der Waals surface area contributed by atoms with Gasteiger partial charge in [-0.15, -0.1) is 0 Å². The number of hydrogen-bond acceptors (Lipinski definition) is 2. The monoisotopic (exact) mass is 231 g/mol. The molecule has 5 heteroatoms. The third-order valence-electron chi connectivity index (χ3n) is 1.64. The first-order valence-corrected chi connectivity index (χ1v) is 3.95. The first-order chi connectivity index (χ1) is 4.72. The molecule has 0 aliphatic rings. The zero-order chi connectivity index (χ0) is 9.28. The highest BCUT2D eigenvalue weighted by Crippen LogP contribution is 2.31. The van der Waals surface area contributed by atoms with Gasteiger partial charge in [0.25, 0.3) is 0 Å². The number of nitrogens with one attached hydrogen (secondary N) is 1. The summed E-state index contributed by atoms with van der Waals surface area (Å²) in [6.07, 6.45) is -1.75. The Bertz CT molecular complexity index is 135. The summed E-state index contributed by atoms with van der Waals surface area (Å²) in [5, 5.41) is 11.6. The molecule has 0 saturated heterocycles. The molecule has 11 heavy (non-hydrogen) atoms. The van der Waals surface area contributed by atoms with Gasteiger partial charge >= 0.3 is 4.83 Å². The van der Waals surface area contributed by atoms with E-state index in [4.69, 9.17) is 5.11 Å². The summed E-state index contributed by atoms with van der Waals surface area (Å²) < 4.78 is 24.9. The number of likely N-dealkylation sites (N-methyl/N-ethyl adjacent to an activating group) is 1. The summed E-state index contributed by atoms with van der Waals surface area (Å²) in [7, 11) is 1.52. The molecule has 2 N–H and O–H groups in total. The van der Waals surface area contributed by atoms with Gasteiger partial charge in [0.1, 0.15) is 6.10 Å². The summed E-state index contributed by atoms with van der Waals surface area (Å²) in [4.78, 5) is -3.25. The number of aliphatic hydroxyl groups is 1. The average molecular weight is 232 g/mol. The van der Waals surface area contributed by atoms with Crippen LogP contribution in [0.5, 0.6) is 0 Å². The molecular formula is C6H12BrF2NO. The van der Waals surface area contributed by atoms with Crippen LogP contribution in [-0.2, 0) is 0 Å². The van der Waals surface area contributed by atoms with E-state index in [1.807, 2.05) is 0 Å². The van der Waals surface area contributed by atoms with Gasteiger partial charge in [-0.3, -0.25) is 0 Å². The van der Waals surface area contributed by atoms with Gasteiger partial charge in [-0.1, -0.05) is 0 Å². The fourth-order valence-corrected chi connectivity index (χ4v) is 1.12. The first-order valence-electron chi connectivity index (χ1n) is 3.15. The molecule has 0 aromatic carbocycles. The van der Waals surface area contributed by atoms with E-state index in [2.05, 4.69) is 21.2 Å². The first kappa shape index (κ1) is 11.3. The number of halogens is 3. The molecule has 0 rings (SSSR count). The second-order valence-corrected chi connectivity index (χ2v) is 3.97. The van der Waals surface area contributed by atoms with Crippen molar-refractivity contribution in [2.75, 3.05) is 7.05 Å².